The highest BCUT2D eigenvalue weighted by molar-refractivity contribution is 3.83. The van der Waals surface area contributed by atoms with Crippen LogP contribution >= 0.6 is 0 Å². The lowest BCUT2D eigenvalue weighted by Gasteiger charge is -1.65. The smallest absolute Gasteiger partial charge is 0.379 e. The van der Waals surface area contributed by atoms with E-state index in [9.17, 15) is 13.2 Å². The van der Waals surface area contributed by atoms with Gasteiger partial charge in [0.2, 0.25) is 0 Å². The predicted molar refractivity (Wildman–Crippen MR) is 8.22 cm³/mol. The molecule has 0 saturated heterocycles. The molecule has 28 valence electrons. The Morgan fingerprint density at radius 3 is 1.25 bits per heavy atom. The fourth-order valence-corrected chi connectivity index (χ4v) is 0. The van der Waals surface area contributed by atoms with Gasteiger partial charge in [-0.2, -0.15) is 13.2 Å². The minimum absolute atomic E-state index is 0. The van der Waals surface area contributed by atoms with Crippen molar-refractivity contribution in [1.82, 2.24) is 0 Å². The molecule has 0 saturated carbocycles. The third kappa shape index (κ3) is 25.3. The topological polar surface area (TPSA) is 0 Å². The zero-order chi connectivity index (χ0) is 3.58. The van der Waals surface area contributed by atoms with Crippen molar-refractivity contribution in [2.75, 3.05) is 0 Å². The van der Waals surface area contributed by atoms with E-state index in [0.717, 1.165) is 0 Å². The minimum atomic E-state index is -3.67. The van der Waals surface area contributed by atoms with E-state index in [1.54, 1.807) is 0 Å². The maximum Gasteiger partial charge on any atom is 0.379 e. The summed E-state index contributed by atoms with van der Waals surface area (Å²) in [6, 6.07) is 0. The van der Waals surface area contributed by atoms with E-state index in [4.69, 9.17) is 0 Å². The molecule has 0 N–H and O–H groups in total. The molecule has 0 aliphatic carbocycles. The van der Waals surface area contributed by atoms with Crippen LogP contribution in [0.15, 0.2) is 0 Å². The molecule has 0 aromatic carbocycles. The Hall–Kier alpha value is -0.210. The molecule has 0 unspecified atom stereocenters. The number of rotatable bonds is 0. The summed E-state index contributed by atoms with van der Waals surface area (Å²) >= 11 is 0. The van der Waals surface area contributed by atoms with Gasteiger partial charge < -0.3 is 1.43 Å². The van der Waals surface area contributed by atoms with E-state index in [-0.39, 0.29) is 1.43 Å². The van der Waals surface area contributed by atoms with Crippen molar-refractivity contribution >= 4 is 0 Å². The Kier molecular flexibility index (Phi) is 1.09. The van der Waals surface area contributed by atoms with Gasteiger partial charge in [0.25, 0.3) is 0 Å². The van der Waals surface area contributed by atoms with E-state index in [2.05, 4.69) is 0 Å². The summed E-state index contributed by atoms with van der Waals surface area (Å²) in [6.45, 7) is -3.67. The summed E-state index contributed by atoms with van der Waals surface area (Å²) in [4.78, 5) is 0. The lowest BCUT2D eigenvalue weighted by Crippen LogP contribution is -1.65. The fraction of sp³-hybridized carbons (Fsp3) is 1.00. The minimum Gasteiger partial charge on any atom is -1.00 e. The van der Waals surface area contributed by atoms with Crippen LogP contribution in [0.5, 0.6) is 0 Å². The molecule has 0 fully saturated rings. The van der Waals surface area contributed by atoms with Crippen LogP contribution in [0.1, 0.15) is 1.43 Å². The third-order valence-electron chi connectivity index (χ3n) is 0. The summed E-state index contributed by atoms with van der Waals surface area (Å²) in [5, 5.41) is 0. The molecule has 4 heavy (non-hydrogen) atoms. The summed E-state index contributed by atoms with van der Waals surface area (Å²) in [6.07, 6.45) is 0. The highest BCUT2D eigenvalue weighted by Crippen LogP contribution is 1.87. The average Bonchev–Trinajstić information content (AvgIpc) is 0.811. The van der Waals surface area contributed by atoms with Crippen molar-refractivity contribution < 1.29 is 14.6 Å². The molecule has 0 heterocycles. The molecular weight excluding hydrogens is 69.0 g/mol. The summed E-state index contributed by atoms with van der Waals surface area (Å²) < 4.78 is 29.0. The van der Waals surface area contributed by atoms with Crippen molar-refractivity contribution in [3.8, 4) is 0 Å². The van der Waals surface area contributed by atoms with Crippen molar-refractivity contribution in [2.24, 2.45) is 0 Å². The van der Waals surface area contributed by atoms with Crippen LogP contribution in [0.3, 0.4) is 0 Å². The van der Waals surface area contributed by atoms with Gasteiger partial charge in [-0.15, -0.1) is 0 Å². The molecule has 0 aromatic heterocycles. The maximum absolute atomic E-state index is 9.67. The number of hydrogen-bond donors (Lipinski definition) is 0. The molecule has 0 spiro atoms. The zero-order valence-corrected chi connectivity index (χ0v) is 1.71. The predicted octanol–water partition coefficient (Wildman–Crippen LogP) is 1.29. The van der Waals surface area contributed by atoms with Gasteiger partial charge in [-0.1, -0.05) is 0 Å². The van der Waals surface area contributed by atoms with Gasteiger partial charge in [0.1, 0.15) is 0 Å². The normalized spacial score (nSPS) is 9.00. The van der Waals surface area contributed by atoms with Gasteiger partial charge in [0.05, 0.1) is 0 Å². The molecule has 0 nitrogen and oxygen atoms in total. The lowest BCUT2D eigenvalue weighted by atomic mass is 11.6. The largest absolute Gasteiger partial charge is 1.00 e. The molecule has 0 aliphatic heterocycles. The second-order valence-electron chi connectivity index (χ2n) is 0.247. The van der Waals surface area contributed by atoms with E-state index < -0.39 is 6.68 Å². The van der Waals surface area contributed by atoms with Crippen LogP contribution in [0, 0.1) is 0 Å². The van der Waals surface area contributed by atoms with Crippen LogP contribution < -0.4 is 0 Å². The first-order valence-electron chi connectivity index (χ1n) is 0.655. The van der Waals surface area contributed by atoms with Gasteiger partial charge >= 0.3 is 6.68 Å². The lowest BCUT2D eigenvalue weighted by molar-refractivity contribution is 0.00820. The number of hydrogen-bond acceptors (Lipinski definition) is 0. The van der Waals surface area contributed by atoms with Gasteiger partial charge in [-0.05, 0) is 0 Å². The van der Waals surface area contributed by atoms with Crippen molar-refractivity contribution in [1.29, 1.82) is 0 Å². The Balaban J connectivity index is 0. The molecular formula is CH2F3-. The molecule has 0 aliphatic rings. The van der Waals surface area contributed by atoms with Crippen molar-refractivity contribution in [3.63, 3.8) is 0 Å². The van der Waals surface area contributed by atoms with Gasteiger partial charge in [0, 0.05) is 0 Å². The van der Waals surface area contributed by atoms with E-state index in [0.29, 0.717) is 0 Å². The second-order valence-corrected chi connectivity index (χ2v) is 0.247. The fourth-order valence-electron chi connectivity index (χ4n) is 0. The molecule has 0 atom stereocenters. The molecule has 0 radical (unpaired) electrons. The van der Waals surface area contributed by atoms with Crippen LogP contribution in [-0.4, -0.2) is 6.68 Å². The monoisotopic (exact) mass is 71.0 g/mol. The van der Waals surface area contributed by atoms with E-state index in [1.165, 1.54) is 0 Å². The Morgan fingerprint density at radius 1 is 1.25 bits per heavy atom. The van der Waals surface area contributed by atoms with Crippen molar-refractivity contribution in [3.05, 3.63) is 0 Å². The molecule has 0 rings (SSSR count). The van der Waals surface area contributed by atoms with Crippen LogP contribution in [0.4, 0.5) is 13.2 Å². The highest BCUT2D eigenvalue weighted by atomic mass is 19.4. The van der Waals surface area contributed by atoms with E-state index in [1.807, 2.05) is 0 Å². The summed E-state index contributed by atoms with van der Waals surface area (Å²) in [5.41, 5.74) is 0. The Labute approximate surface area is 22.7 Å². The maximum atomic E-state index is 9.67. The first kappa shape index (κ1) is 3.79. The standard InChI is InChI=1S/CHF3.H/c2-1(3)4;/h1H;/q;-1. The highest BCUT2D eigenvalue weighted by Gasteiger charge is 1.86. The summed E-state index contributed by atoms with van der Waals surface area (Å²) in [7, 11) is 0. The SMILES string of the molecule is FC(F)F.[H-]. The van der Waals surface area contributed by atoms with Gasteiger partial charge in [0.15, 0.2) is 0 Å². The van der Waals surface area contributed by atoms with Crippen LogP contribution in [0.2, 0.25) is 0 Å². The zero-order valence-electron chi connectivity index (χ0n) is 2.71. The van der Waals surface area contributed by atoms with Crippen LogP contribution in [-0.2, 0) is 0 Å². The first-order valence-corrected chi connectivity index (χ1v) is 0.655. The molecule has 0 bridgehead atoms. The first-order chi connectivity index (χ1) is 1.73. The van der Waals surface area contributed by atoms with E-state index >= 15 is 0 Å². The number of alkyl halides is 3. The quantitative estimate of drug-likeness (QED) is 0.403. The average molecular weight is 71.0 g/mol. The number of halogens is 3. The summed E-state index contributed by atoms with van der Waals surface area (Å²) in [5.74, 6) is 0. The second kappa shape index (κ2) is 1.15. The Bertz CT molecular complexity index is 11.6. The van der Waals surface area contributed by atoms with Gasteiger partial charge in [-0.25, -0.2) is 0 Å². The van der Waals surface area contributed by atoms with Crippen molar-refractivity contribution in [2.45, 2.75) is 6.68 Å². The molecule has 3 heteroatoms. The molecule has 0 aromatic rings. The van der Waals surface area contributed by atoms with Gasteiger partial charge in [-0.3, -0.25) is 0 Å². The Morgan fingerprint density at radius 2 is 1.25 bits per heavy atom. The molecule has 0 amide bonds. The third-order valence-corrected chi connectivity index (χ3v) is 0. The van der Waals surface area contributed by atoms with Crippen LogP contribution in [0.25, 0.3) is 0 Å².